The number of carbonyl (C=O) groups is 1. The highest BCUT2D eigenvalue weighted by Gasteiger charge is 2.22. The smallest absolute Gasteiger partial charge is 0.223 e. The number of carbonyl (C=O) groups excluding carboxylic acids is 1. The topological polar surface area (TPSA) is 51.2 Å². The number of piperidine rings is 1. The molecule has 2 aliphatic rings. The molecule has 1 amide bonds. The van der Waals surface area contributed by atoms with E-state index in [0.29, 0.717) is 6.42 Å². The quantitative estimate of drug-likeness (QED) is 0.396. The minimum atomic E-state index is 0.227. The number of rotatable bonds is 7. The third-order valence-electron chi connectivity index (χ3n) is 6.69. The monoisotopic (exact) mass is 447 g/mol. The van der Waals surface area contributed by atoms with Crippen molar-refractivity contribution in [3.63, 3.8) is 0 Å². The van der Waals surface area contributed by atoms with E-state index in [0.717, 1.165) is 38.6 Å². The second-order valence-corrected chi connectivity index (χ2v) is 9.17. The maximum Gasteiger partial charge on any atom is 0.223 e. The average molecular weight is 448 g/mol. The summed E-state index contributed by atoms with van der Waals surface area (Å²) in [6, 6.07) is 17.3. The first-order valence-electron chi connectivity index (χ1n) is 12.2. The van der Waals surface area contributed by atoms with Gasteiger partial charge in [-0.2, -0.15) is 0 Å². The van der Waals surface area contributed by atoms with Gasteiger partial charge in [0.25, 0.3) is 0 Å². The molecule has 2 heterocycles. The van der Waals surface area contributed by atoms with Crippen LogP contribution in [0.3, 0.4) is 0 Å². The molecule has 2 aromatic rings. The SMILES string of the molecule is CN=C(NCCCC(=O)N1Cc2ccccc2C1)N(C)Cc1ccc(N2CCCCC2)cc1. The summed E-state index contributed by atoms with van der Waals surface area (Å²) in [4.78, 5) is 23.6. The van der Waals surface area contributed by atoms with Gasteiger partial charge in [0, 0.05) is 65.5 Å². The van der Waals surface area contributed by atoms with E-state index in [4.69, 9.17) is 0 Å². The highest BCUT2D eigenvalue weighted by molar-refractivity contribution is 5.80. The van der Waals surface area contributed by atoms with Crippen LogP contribution in [0.2, 0.25) is 0 Å². The van der Waals surface area contributed by atoms with Crippen LogP contribution in [0.15, 0.2) is 53.5 Å². The maximum absolute atomic E-state index is 12.6. The first-order chi connectivity index (χ1) is 16.1. The van der Waals surface area contributed by atoms with Gasteiger partial charge in [-0.15, -0.1) is 0 Å². The van der Waals surface area contributed by atoms with Gasteiger partial charge in [0.2, 0.25) is 5.91 Å². The fraction of sp³-hybridized carbons (Fsp3) is 0.481. The number of nitrogens with one attached hydrogen (secondary N) is 1. The first kappa shape index (κ1) is 23.1. The summed E-state index contributed by atoms with van der Waals surface area (Å²) < 4.78 is 0. The first-order valence-corrected chi connectivity index (χ1v) is 12.2. The van der Waals surface area contributed by atoms with Gasteiger partial charge < -0.3 is 20.0 Å². The predicted octanol–water partition coefficient (Wildman–Crippen LogP) is 4.01. The molecule has 1 saturated heterocycles. The van der Waals surface area contributed by atoms with E-state index in [1.54, 1.807) is 0 Å². The van der Waals surface area contributed by atoms with E-state index in [-0.39, 0.29) is 5.91 Å². The fourth-order valence-corrected chi connectivity index (χ4v) is 4.81. The number of fused-ring (bicyclic) bond motifs is 1. The maximum atomic E-state index is 12.6. The molecule has 4 rings (SSSR count). The van der Waals surface area contributed by atoms with Crippen molar-refractivity contribution in [2.75, 3.05) is 38.6 Å². The molecule has 6 heteroatoms. The van der Waals surface area contributed by atoms with Gasteiger partial charge in [-0.3, -0.25) is 9.79 Å². The van der Waals surface area contributed by atoms with E-state index in [1.165, 1.54) is 54.7 Å². The lowest BCUT2D eigenvalue weighted by molar-refractivity contribution is -0.131. The molecule has 33 heavy (non-hydrogen) atoms. The molecule has 0 unspecified atom stereocenters. The minimum Gasteiger partial charge on any atom is -0.372 e. The lowest BCUT2D eigenvalue weighted by Gasteiger charge is -2.29. The Kier molecular flexibility index (Phi) is 7.87. The third kappa shape index (κ3) is 6.06. The van der Waals surface area contributed by atoms with E-state index in [1.807, 2.05) is 24.1 Å². The molecule has 0 saturated carbocycles. The Bertz CT molecular complexity index is 924. The molecule has 0 aliphatic carbocycles. The Labute approximate surface area is 198 Å². The Morgan fingerprint density at radius 3 is 2.30 bits per heavy atom. The fourth-order valence-electron chi connectivity index (χ4n) is 4.81. The van der Waals surface area contributed by atoms with Crippen LogP contribution < -0.4 is 10.2 Å². The molecule has 0 spiro atoms. The largest absolute Gasteiger partial charge is 0.372 e. The second kappa shape index (κ2) is 11.2. The summed E-state index contributed by atoms with van der Waals surface area (Å²) in [6.45, 7) is 5.35. The van der Waals surface area contributed by atoms with Crippen molar-refractivity contribution in [3.05, 3.63) is 65.2 Å². The van der Waals surface area contributed by atoms with Gasteiger partial charge in [0.15, 0.2) is 5.96 Å². The number of nitrogens with zero attached hydrogens (tertiary/aromatic N) is 4. The number of anilines is 1. The number of guanidine groups is 1. The van der Waals surface area contributed by atoms with Crippen LogP contribution in [0.5, 0.6) is 0 Å². The summed E-state index contributed by atoms with van der Waals surface area (Å²) in [6.07, 6.45) is 5.29. The van der Waals surface area contributed by atoms with Crippen LogP contribution >= 0.6 is 0 Å². The lowest BCUT2D eigenvalue weighted by Crippen LogP contribution is -2.39. The Morgan fingerprint density at radius 1 is 1.00 bits per heavy atom. The zero-order valence-corrected chi connectivity index (χ0v) is 20.1. The predicted molar refractivity (Wildman–Crippen MR) is 135 cm³/mol. The van der Waals surface area contributed by atoms with Crippen LogP contribution in [-0.2, 0) is 24.4 Å². The molecule has 1 fully saturated rings. The van der Waals surface area contributed by atoms with Crippen molar-refractivity contribution in [1.29, 1.82) is 0 Å². The van der Waals surface area contributed by atoms with E-state index in [2.05, 4.69) is 63.6 Å². The number of aliphatic imine (C=N–C) groups is 1. The molecule has 0 bridgehead atoms. The summed E-state index contributed by atoms with van der Waals surface area (Å²) in [5, 5.41) is 3.41. The average Bonchev–Trinajstić information content (AvgIpc) is 3.29. The molecule has 1 N–H and O–H groups in total. The molecular weight excluding hydrogens is 410 g/mol. The van der Waals surface area contributed by atoms with Crippen LogP contribution in [0.1, 0.15) is 48.8 Å². The Balaban J connectivity index is 1.18. The van der Waals surface area contributed by atoms with Crippen molar-refractivity contribution < 1.29 is 4.79 Å². The van der Waals surface area contributed by atoms with Crippen molar-refractivity contribution in [2.45, 2.75) is 51.7 Å². The van der Waals surface area contributed by atoms with Gasteiger partial charge >= 0.3 is 0 Å². The molecule has 6 nitrogen and oxygen atoms in total. The lowest BCUT2D eigenvalue weighted by atomic mass is 10.1. The zero-order chi connectivity index (χ0) is 23.0. The molecule has 2 aromatic carbocycles. The summed E-state index contributed by atoms with van der Waals surface area (Å²) in [5.74, 6) is 1.08. The highest BCUT2D eigenvalue weighted by atomic mass is 16.2. The standard InChI is InChI=1S/C27H37N5O/c1-28-27(29-16-8-11-26(33)32-20-23-9-4-5-10-24(23)21-32)30(2)19-22-12-14-25(15-13-22)31-17-6-3-7-18-31/h4-5,9-10,12-15H,3,6-8,11,16-21H2,1-2H3,(H,28,29). The number of hydrogen-bond donors (Lipinski definition) is 1. The van der Waals surface area contributed by atoms with Crippen molar-refractivity contribution in [3.8, 4) is 0 Å². The number of benzene rings is 2. The normalized spacial score (nSPS) is 16.0. The zero-order valence-electron chi connectivity index (χ0n) is 20.1. The molecule has 0 radical (unpaired) electrons. The minimum absolute atomic E-state index is 0.227. The molecule has 176 valence electrons. The van der Waals surface area contributed by atoms with Crippen molar-refractivity contribution in [1.82, 2.24) is 15.1 Å². The summed E-state index contributed by atoms with van der Waals surface area (Å²) >= 11 is 0. The van der Waals surface area contributed by atoms with Gasteiger partial charge in [-0.25, -0.2) is 0 Å². The van der Waals surface area contributed by atoms with Crippen LogP contribution in [0, 0.1) is 0 Å². The van der Waals surface area contributed by atoms with Gasteiger partial charge in [0.05, 0.1) is 0 Å². The summed E-state index contributed by atoms with van der Waals surface area (Å²) in [7, 11) is 3.87. The Morgan fingerprint density at radius 2 is 1.67 bits per heavy atom. The van der Waals surface area contributed by atoms with E-state index >= 15 is 0 Å². The van der Waals surface area contributed by atoms with E-state index < -0.39 is 0 Å². The van der Waals surface area contributed by atoms with Gasteiger partial charge in [-0.1, -0.05) is 36.4 Å². The molecule has 0 aromatic heterocycles. The molecule has 0 atom stereocenters. The number of amides is 1. The summed E-state index contributed by atoms with van der Waals surface area (Å²) in [5.41, 5.74) is 5.14. The van der Waals surface area contributed by atoms with E-state index in [9.17, 15) is 4.79 Å². The second-order valence-electron chi connectivity index (χ2n) is 9.17. The van der Waals surface area contributed by atoms with Crippen LogP contribution in [0.25, 0.3) is 0 Å². The number of hydrogen-bond acceptors (Lipinski definition) is 3. The van der Waals surface area contributed by atoms with Crippen LogP contribution in [0.4, 0.5) is 5.69 Å². The highest BCUT2D eigenvalue weighted by Crippen LogP contribution is 2.23. The van der Waals surface area contributed by atoms with Crippen molar-refractivity contribution >= 4 is 17.6 Å². The molecular formula is C27H37N5O. The van der Waals surface area contributed by atoms with Gasteiger partial charge in [0.1, 0.15) is 0 Å². The molecule has 2 aliphatic heterocycles. The third-order valence-corrected chi connectivity index (χ3v) is 6.69. The van der Waals surface area contributed by atoms with Crippen LogP contribution in [-0.4, -0.2) is 55.4 Å². The Hall–Kier alpha value is -3.02. The van der Waals surface area contributed by atoms with Gasteiger partial charge in [-0.05, 0) is 54.5 Å². The van der Waals surface area contributed by atoms with Crippen molar-refractivity contribution in [2.24, 2.45) is 4.99 Å².